The van der Waals surface area contributed by atoms with Crippen molar-refractivity contribution in [3.63, 3.8) is 0 Å². The summed E-state index contributed by atoms with van der Waals surface area (Å²) in [6.07, 6.45) is 6.30. The van der Waals surface area contributed by atoms with Gasteiger partial charge in [-0.25, -0.2) is 0 Å². The van der Waals surface area contributed by atoms with E-state index >= 15 is 0 Å². The predicted octanol–water partition coefficient (Wildman–Crippen LogP) is 1.13. The maximum absolute atomic E-state index is 12.7. The molecule has 1 aliphatic heterocycles. The van der Waals surface area contributed by atoms with Crippen LogP contribution in [0.5, 0.6) is 0 Å². The Morgan fingerprint density at radius 1 is 1.35 bits per heavy atom. The number of nitrogens with zero attached hydrogens (tertiary/aromatic N) is 2. The first-order valence-corrected chi connectivity index (χ1v) is 7.07. The fraction of sp³-hybridized carbons (Fsp3) is 0.533. The molecule has 1 N–H and O–H groups in total. The molecule has 1 aliphatic carbocycles. The minimum atomic E-state index is -0.313. The lowest BCUT2D eigenvalue weighted by Gasteiger charge is -2.34. The molecule has 2 amide bonds. The van der Waals surface area contributed by atoms with Crippen LogP contribution < -0.4 is 5.32 Å². The van der Waals surface area contributed by atoms with E-state index in [4.69, 9.17) is 0 Å². The van der Waals surface area contributed by atoms with E-state index in [1.54, 1.807) is 24.3 Å². The SMILES string of the molecule is CNC(=O)[C@@H]1C2CCC(C2)N1C(=O)c1cncc(C)c1. The molecule has 2 aliphatic rings. The summed E-state index contributed by atoms with van der Waals surface area (Å²) in [5.41, 5.74) is 1.53. The molecule has 2 unspecified atom stereocenters. The van der Waals surface area contributed by atoms with Crippen LogP contribution in [-0.4, -0.2) is 40.8 Å². The second-order valence-corrected chi connectivity index (χ2v) is 5.75. The quantitative estimate of drug-likeness (QED) is 0.878. The molecule has 3 atom stereocenters. The van der Waals surface area contributed by atoms with Gasteiger partial charge in [0.05, 0.1) is 5.56 Å². The number of carbonyl (C=O) groups excluding carboxylic acids is 2. The van der Waals surface area contributed by atoms with Crippen LogP contribution in [0.25, 0.3) is 0 Å². The fourth-order valence-corrected chi connectivity index (χ4v) is 3.59. The number of pyridine rings is 1. The number of hydrogen-bond acceptors (Lipinski definition) is 3. The van der Waals surface area contributed by atoms with Crippen LogP contribution in [0.3, 0.4) is 0 Å². The molecular weight excluding hydrogens is 254 g/mol. The van der Waals surface area contributed by atoms with Crippen LogP contribution in [0.15, 0.2) is 18.5 Å². The number of piperidine rings is 1. The van der Waals surface area contributed by atoms with E-state index in [9.17, 15) is 9.59 Å². The molecule has 106 valence electrons. The largest absolute Gasteiger partial charge is 0.357 e. The van der Waals surface area contributed by atoms with Crippen molar-refractivity contribution in [2.45, 2.75) is 38.3 Å². The van der Waals surface area contributed by atoms with Crippen LogP contribution in [-0.2, 0) is 4.79 Å². The van der Waals surface area contributed by atoms with Crippen molar-refractivity contribution >= 4 is 11.8 Å². The second-order valence-electron chi connectivity index (χ2n) is 5.75. The number of amides is 2. The van der Waals surface area contributed by atoms with Gasteiger partial charge in [-0.2, -0.15) is 0 Å². The van der Waals surface area contributed by atoms with Gasteiger partial charge in [-0.3, -0.25) is 14.6 Å². The minimum Gasteiger partial charge on any atom is -0.357 e. The summed E-state index contributed by atoms with van der Waals surface area (Å²) in [5, 5.41) is 2.69. The van der Waals surface area contributed by atoms with E-state index in [0.717, 1.165) is 24.8 Å². The third-order valence-electron chi connectivity index (χ3n) is 4.46. The predicted molar refractivity (Wildman–Crippen MR) is 74.1 cm³/mol. The fourth-order valence-electron chi connectivity index (χ4n) is 3.59. The van der Waals surface area contributed by atoms with Crippen molar-refractivity contribution in [3.8, 4) is 0 Å². The second kappa shape index (κ2) is 4.89. The Balaban J connectivity index is 1.91. The van der Waals surface area contributed by atoms with Gasteiger partial charge in [-0.1, -0.05) is 0 Å². The molecule has 0 spiro atoms. The van der Waals surface area contributed by atoms with Crippen molar-refractivity contribution in [2.75, 3.05) is 7.05 Å². The number of carbonyl (C=O) groups is 2. The normalized spacial score (nSPS) is 27.7. The lowest BCUT2D eigenvalue weighted by Crippen LogP contribution is -2.52. The highest BCUT2D eigenvalue weighted by Gasteiger charge is 2.51. The van der Waals surface area contributed by atoms with Crippen molar-refractivity contribution < 1.29 is 9.59 Å². The molecular formula is C15H19N3O2. The molecule has 1 aromatic rings. The highest BCUT2D eigenvalue weighted by Crippen LogP contribution is 2.43. The third-order valence-corrected chi connectivity index (χ3v) is 4.46. The first-order chi connectivity index (χ1) is 9.61. The van der Waals surface area contributed by atoms with E-state index in [1.807, 2.05) is 13.0 Å². The molecule has 5 heteroatoms. The Hall–Kier alpha value is -1.91. The molecule has 2 fully saturated rings. The molecule has 1 saturated carbocycles. The minimum absolute atomic E-state index is 0.0498. The highest BCUT2D eigenvalue weighted by molar-refractivity contribution is 5.98. The van der Waals surface area contributed by atoms with E-state index in [-0.39, 0.29) is 23.9 Å². The number of aromatic nitrogens is 1. The number of nitrogens with one attached hydrogen (secondary N) is 1. The summed E-state index contributed by atoms with van der Waals surface area (Å²) in [6.45, 7) is 1.91. The maximum atomic E-state index is 12.7. The van der Waals surface area contributed by atoms with E-state index in [0.29, 0.717) is 11.5 Å². The van der Waals surface area contributed by atoms with Crippen molar-refractivity contribution in [2.24, 2.45) is 5.92 Å². The number of likely N-dealkylation sites (N-methyl/N-ethyl adjacent to an activating group) is 1. The molecule has 5 nitrogen and oxygen atoms in total. The van der Waals surface area contributed by atoms with Crippen molar-refractivity contribution in [1.82, 2.24) is 15.2 Å². The summed E-state index contributed by atoms with van der Waals surface area (Å²) < 4.78 is 0. The van der Waals surface area contributed by atoms with Crippen LogP contribution in [0.2, 0.25) is 0 Å². The van der Waals surface area contributed by atoms with E-state index in [2.05, 4.69) is 10.3 Å². The van der Waals surface area contributed by atoms with Gasteiger partial charge in [0.2, 0.25) is 5.91 Å². The number of fused-ring (bicyclic) bond motifs is 2. The molecule has 0 aromatic carbocycles. The first-order valence-electron chi connectivity index (χ1n) is 7.07. The maximum Gasteiger partial charge on any atom is 0.256 e. The lowest BCUT2D eigenvalue weighted by atomic mass is 9.97. The van der Waals surface area contributed by atoms with Crippen molar-refractivity contribution in [3.05, 3.63) is 29.6 Å². The number of rotatable bonds is 2. The van der Waals surface area contributed by atoms with Crippen LogP contribution in [0, 0.1) is 12.8 Å². The van der Waals surface area contributed by atoms with E-state index in [1.165, 1.54) is 0 Å². The summed E-state index contributed by atoms with van der Waals surface area (Å²) in [4.78, 5) is 30.7. The Morgan fingerprint density at radius 2 is 2.15 bits per heavy atom. The molecule has 0 radical (unpaired) electrons. The molecule has 3 rings (SSSR count). The monoisotopic (exact) mass is 273 g/mol. The average molecular weight is 273 g/mol. The standard InChI is InChI=1S/C15H19N3O2/c1-9-5-11(8-17-7-9)15(20)18-12-4-3-10(6-12)13(18)14(19)16-2/h5,7-8,10,12-13H,3-4,6H2,1-2H3,(H,16,19)/t10?,12?,13-/m0/s1. The van der Waals surface area contributed by atoms with Gasteiger partial charge in [0.25, 0.3) is 5.91 Å². The van der Waals surface area contributed by atoms with Crippen LogP contribution in [0.1, 0.15) is 35.2 Å². The molecule has 1 saturated heterocycles. The Morgan fingerprint density at radius 3 is 2.85 bits per heavy atom. The Labute approximate surface area is 118 Å². The number of likely N-dealkylation sites (tertiary alicyclic amines) is 1. The Kier molecular flexibility index (Phi) is 3.20. The summed E-state index contributed by atoms with van der Waals surface area (Å²) in [6, 6.07) is 1.73. The Bertz CT molecular complexity index is 558. The van der Waals surface area contributed by atoms with Gasteiger partial charge in [0.1, 0.15) is 6.04 Å². The van der Waals surface area contributed by atoms with Gasteiger partial charge in [-0.05, 0) is 43.7 Å². The molecule has 2 heterocycles. The topological polar surface area (TPSA) is 62.3 Å². The van der Waals surface area contributed by atoms with Gasteiger partial charge in [0.15, 0.2) is 0 Å². The first kappa shape index (κ1) is 13.1. The average Bonchev–Trinajstić information content (AvgIpc) is 3.06. The lowest BCUT2D eigenvalue weighted by molar-refractivity contribution is -0.126. The van der Waals surface area contributed by atoms with Gasteiger partial charge in [0, 0.05) is 25.5 Å². The zero-order chi connectivity index (χ0) is 14.3. The summed E-state index contributed by atoms with van der Waals surface area (Å²) in [5.74, 6) is 0.190. The molecule has 2 bridgehead atoms. The van der Waals surface area contributed by atoms with Gasteiger partial charge in [-0.15, -0.1) is 0 Å². The summed E-state index contributed by atoms with van der Waals surface area (Å²) in [7, 11) is 1.63. The van der Waals surface area contributed by atoms with Gasteiger partial charge >= 0.3 is 0 Å². The molecule has 20 heavy (non-hydrogen) atoms. The highest BCUT2D eigenvalue weighted by atomic mass is 16.2. The number of hydrogen-bond donors (Lipinski definition) is 1. The third kappa shape index (κ3) is 1.97. The zero-order valence-corrected chi connectivity index (χ0v) is 11.8. The van der Waals surface area contributed by atoms with Crippen LogP contribution >= 0.6 is 0 Å². The smallest absolute Gasteiger partial charge is 0.256 e. The van der Waals surface area contributed by atoms with Crippen molar-refractivity contribution in [1.29, 1.82) is 0 Å². The van der Waals surface area contributed by atoms with Gasteiger partial charge < -0.3 is 10.2 Å². The molecule has 1 aromatic heterocycles. The number of aryl methyl sites for hydroxylation is 1. The van der Waals surface area contributed by atoms with Crippen LogP contribution in [0.4, 0.5) is 0 Å². The van der Waals surface area contributed by atoms with E-state index < -0.39 is 0 Å². The summed E-state index contributed by atoms with van der Waals surface area (Å²) >= 11 is 0. The zero-order valence-electron chi connectivity index (χ0n) is 11.8.